The molecule has 1 aromatic rings. The SMILES string of the molecule is CC1=CC=C(NCc2ccc(C(F)(F)F)cc2)N=I1. The van der Waals surface area contributed by atoms with Gasteiger partial charge in [-0.1, -0.05) is 12.1 Å². The number of nitrogens with one attached hydrogen (secondary N) is 1. The number of nitrogens with zero attached hydrogens (tertiary/aromatic N) is 1. The lowest BCUT2D eigenvalue weighted by Gasteiger charge is -2.10. The largest absolute Gasteiger partial charge is 0.416 e. The second-order valence-corrected chi connectivity index (χ2v) is 6.69. The summed E-state index contributed by atoms with van der Waals surface area (Å²) in [6, 6.07) is 5.16. The van der Waals surface area contributed by atoms with Crippen molar-refractivity contribution in [2.24, 2.45) is 3.15 Å². The van der Waals surface area contributed by atoms with Crippen LogP contribution in [-0.4, -0.2) is 0 Å². The van der Waals surface area contributed by atoms with Crippen molar-refractivity contribution < 1.29 is 13.2 Å². The smallest absolute Gasteiger partial charge is 0.366 e. The van der Waals surface area contributed by atoms with E-state index in [9.17, 15) is 13.2 Å². The number of alkyl halides is 3. The van der Waals surface area contributed by atoms with Crippen molar-refractivity contribution in [3.63, 3.8) is 0 Å². The molecule has 0 fully saturated rings. The van der Waals surface area contributed by atoms with Crippen LogP contribution in [0.2, 0.25) is 0 Å². The molecule has 0 saturated carbocycles. The van der Waals surface area contributed by atoms with Crippen LogP contribution in [0.5, 0.6) is 0 Å². The first-order valence-electron chi connectivity index (χ1n) is 5.59. The van der Waals surface area contributed by atoms with Crippen molar-refractivity contribution in [3.05, 3.63) is 56.9 Å². The van der Waals surface area contributed by atoms with Gasteiger partial charge in [0.05, 0.1) is 5.56 Å². The van der Waals surface area contributed by atoms with E-state index in [2.05, 4.69) is 8.46 Å². The van der Waals surface area contributed by atoms with Crippen LogP contribution in [0.1, 0.15) is 18.1 Å². The quantitative estimate of drug-likeness (QED) is 0.755. The van der Waals surface area contributed by atoms with Crippen LogP contribution in [0.3, 0.4) is 0 Å². The molecule has 1 aliphatic rings. The maximum atomic E-state index is 12.4. The molecule has 0 atom stereocenters. The van der Waals surface area contributed by atoms with Gasteiger partial charge in [0, 0.05) is 31.2 Å². The highest BCUT2D eigenvalue weighted by molar-refractivity contribution is 14.2. The first-order chi connectivity index (χ1) is 8.95. The maximum Gasteiger partial charge on any atom is 0.416 e. The molecular weight excluding hydrogens is 368 g/mol. The van der Waals surface area contributed by atoms with E-state index < -0.39 is 11.7 Å². The highest BCUT2D eigenvalue weighted by Crippen LogP contribution is 2.29. The number of rotatable bonds is 3. The predicted molar refractivity (Wildman–Crippen MR) is 76.6 cm³/mol. The number of halogens is 4. The summed E-state index contributed by atoms with van der Waals surface area (Å²) in [6.07, 6.45) is -0.363. The lowest BCUT2D eigenvalue weighted by atomic mass is 10.1. The lowest BCUT2D eigenvalue weighted by Crippen LogP contribution is -2.12. The molecule has 0 radical (unpaired) electrons. The highest BCUT2D eigenvalue weighted by atomic mass is 127. The minimum absolute atomic E-state index is 0.285. The van der Waals surface area contributed by atoms with E-state index in [0.717, 1.165) is 23.5 Å². The Morgan fingerprint density at radius 1 is 1.16 bits per heavy atom. The third kappa shape index (κ3) is 4.15. The fraction of sp³-hybridized carbons (Fsp3) is 0.231. The summed E-state index contributed by atoms with van der Waals surface area (Å²) in [5.41, 5.74) is 0.177. The molecule has 0 aromatic heterocycles. The van der Waals surface area contributed by atoms with Gasteiger partial charge in [0.25, 0.3) is 0 Å². The van der Waals surface area contributed by atoms with Gasteiger partial charge >= 0.3 is 6.18 Å². The molecular formula is C13H12F3IN2. The predicted octanol–water partition coefficient (Wildman–Crippen LogP) is 4.71. The number of hydrogen-bond donors (Lipinski definition) is 1. The van der Waals surface area contributed by atoms with Crippen molar-refractivity contribution >= 4 is 21.0 Å². The Hall–Kier alpha value is -1.18. The molecule has 0 saturated heterocycles. The zero-order chi connectivity index (χ0) is 13.9. The molecule has 19 heavy (non-hydrogen) atoms. The molecule has 0 amide bonds. The van der Waals surface area contributed by atoms with Gasteiger partial charge in [-0.2, -0.15) is 13.2 Å². The topological polar surface area (TPSA) is 24.4 Å². The van der Waals surface area contributed by atoms with Crippen molar-refractivity contribution in [2.75, 3.05) is 0 Å². The van der Waals surface area contributed by atoms with Crippen LogP contribution in [0.4, 0.5) is 13.2 Å². The average Bonchev–Trinajstić information content (AvgIpc) is 2.37. The van der Waals surface area contributed by atoms with Gasteiger partial charge < -0.3 is 5.32 Å². The Morgan fingerprint density at radius 2 is 1.84 bits per heavy atom. The van der Waals surface area contributed by atoms with E-state index in [1.54, 1.807) is 0 Å². The second kappa shape index (κ2) is 5.85. The molecule has 1 aliphatic heterocycles. The molecule has 1 aromatic carbocycles. The summed E-state index contributed by atoms with van der Waals surface area (Å²) in [7, 11) is 0. The molecule has 2 rings (SSSR count). The minimum Gasteiger partial charge on any atom is -0.366 e. The molecule has 1 N–H and O–H groups in total. The number of benzene rings is 1. The van der Waals surface area contributed by atoms with Crippen LogP contribution in [0.25, 0.3) is 0 Å². The van der Waals surface area contributed by atoms with Crippen molar-refractivity contribution in [2.45, 2.75) is 19.6 Å². The van der Waals surface area contributed by atoms with E-state index in [1.165, 1.54) is 15.7 Å². The molecule has 102 valence electrons. The zero-order valence-corrected chi connectivity index (χ0v) is 12.3. The Morgan fingerprint density at radius 3 is 2.37 bits per heavy atom. The Balaban J connectivity index is 1.96. The normalized spacial score (nSPS) is 15.4. The van der Waals surface area contributed by atoms with Crippen LogP contribution < -0.4 is 5.32 Å². The number of allylic oxidation sites excluding steroid dienone is 3. The van der Waals surface area contributed by atoms with E-state index in [-0.39, 0.29) is 21.0 Å². The third-order valence-electron chi connectivity index (χ3n) is 2.49. The van der Waals surface area contributed by atoms with E-state index >= 15 is 0 Å². The van der Waals surface area contributed by atoms with Gasteiger partial charge in [0.15, 0.2) is 0 Å². The summed E-state index contributed by atoms with van der Waals surface area (Å²) in [5, 5.41) is 3.11. The van der Waals surface area contributed by atoms with Crippen molar-refractivity contribution in [1.82, 2.24) is 5.32 Å². The standard InChI is InChI=1S/C13H12F3IN2/c1-9-2-7-12(19-17-9)18-8-10-3-5-11(6-4-10)13(14,15)16/h2-7H,8H2,1H3,(H,18,19). The fourth-order valence-electron chi connectivity index (χ4n) is 1.46. The molecule has 0 bridgehead atoms. The van der Waals surface area contributed by atoms with Crippen LogP contribution in [-0.2, 0) is 12.7 Å². The first kappa shape index (κ1) is 14.2. The van der Waals surface area contributed by atoms with Gasteiger partial charge in [0.2, 0.25) is 0 Å². The van der Waals surface area contributed by atoms with E-state index in [4.69, 9.17) is 0 Å². The Bertz CT molecular complexity index is 542. The van der Waals surface area contributed by atoms with Crippen LogP contribution in [0.15, 0.2) is 49.0 Å². The van der Waals surface area contributed by atoms with E-state index in [1.807, 2.05) is 19.1 Å². The summed E-state index contributed by atoms with van der Waals surface area (Å²) in [5.74, 6) is 0.804. The zero-order valence-electron chi connectivity index (χ0n) is 10.1. The summed E-state index contributed by atoms with van der Waals surface area (Å²) in [4.78, 5) is 0. The summed E-state index contributed by atoms with van der Waals surface area (Å²) in [6.45, 7) is 2.52. The van der Waals surface area contributed by atoms with Crippen LogP contribution >= 0.6 is 21.0 Å². The molecule has 0 spiro atoms. The monoisotopic (exact) mass is 380 g/mol. The minimum atomic E-state index is -4.28. The maximum absolute atomic E-state index is 12.4. The molecule has 6 heteroatoms. The second-order valence-electron chi connectivity index (χ2n) is 4.02. The van der Waals surface area contributed by atoms with Crippen molar-refractivity contribution in [3.8, 4) is 0 Å². The highest BCUT2D eigenvalue weighted by Gasteiger charge is 2.29. The first-order valence-corrected chi connectivity index (χ1v) is 7.63. The van der Waals surface area contributed by atoms with Crippen LogP contribution in [0, 0.1) is 0 Å². The Kier molecular flexibility index (Phi) is 4.38. The number of hydrogen-bond acceptors (Lipinski definition) is 2. The molecule has 2 nitrogen and oxygen atoms in total. The van der Waals surface area contributed by atoms with Gasteiger partial charge in [-0.15, -0.1) is 0 Å². The molecule has 0 aliphatic carbocycles. The van der Waals surface area contributed by atoms with E-state index in [0.29, 0.717) is 6.54 Å². The average molecular weight is 380 g/mol. The van der Waals surface area contributed by atoms with Gasteiger partial charge in [-0.3, -0.25) is 0 Å². The lowest BCUT2D eigenvalue weighted by molar-refractivity contribution is -0.137. The summed E-state index contributed by atoms with van der Waals surface area (Å²) >= 11 is -0.285. The molecule has 0 unspecified atom stereocenters. The van der Waals surface area contributed by atoms with Gasteiger partial charge in [0.1, 0.15) is 5.82 Å². The summed E-state index contributed by atoms with van der Waals surface area (Å²) < 4.78 is 42.9. The third-order valence-corrected chi connectivity index (χ3v) is 4.37. The fourth-order valence-corrected chi connectivity index (χ4v) is 2.77. The molecule has 1 heterocycles. The van der Waals surface area contributed by atoms with Gasteiger partial charge in [-0.25, -0.2) is 3.15 Å². The Labute approximate surface area is 119 Å². The van der Waals surface area contributed by atoms with Gasteiger partial charge in [-0.05, 0) is 36.8 Å². The van der Waals surface area contributed by atoms with Crippen molar-refractivity contribution in [1.29, 1.82) is 0 Å².